The largest absolute Gasteiger partial charge is 0.496 e. The van der Waals surface area contributed by atoms with Gasteiger partial charge in [-0.1, -0.05) is 35.8 Å². The number of ether oxygens (including phenoxy) is 1. The van der Waals surface area contributed by atoms with Crippen LogP contribution in [-0.4, -0.2) is 54.9 Å². The molecule has 33 heavy (non-hydrogen) atoms. The number of carbonyl (C=O) groups is 2. The van der Waals surface area contributed by atoms with E-state index in [1.165, 1.54) is 25.3 Å². The lowest BCUT2D eigenvalue weighted by molar-refractivity contribution is -0.130. The average Bonchev–Trinajstić information content (AvgIpc) is 3.37. The van der Waals surface area contributed by atoms with E-state index < -0.39 is 5.82 Å². The van der Waals surface area contributed by atoms with Crippen LogP contribution in [0.2, 0.25) is 10.0 Å². The highest BCUT2D eigenvalue weighted by Gasteiger charge is 2.42. The first-order valence-electron chi connectivity index (χ1n) is 10.8. The molecule has 0 aliphatic carbocycles. The number of likely N-dealkylation sites (tertiary alicyclic amines) is 2. The van der Waals surface area contributed by atoms with E-state index in [2.05, 4.69) is 6.58 Å². The predicted molar refractivity (Wildman–Crippen MR) is 127 cm³/mol. The van der Waals surface area contributed by atoms with E-state index in [9.17, 15) is 14.0 Å². The molecule has 2 atom stereocenters. The molecule has 0 N–H and O–H groups in total. The molecule has 2 aromatic carbocycles. The molecule has 0 aromatic heterocycles. The predicted octanol–water partition coefficient (Wildman–Crippen LogP) is 4.84. The average molecular weight is 491 g/mol. The van der Waals surface area contributed by atoms with Crippen molar-refractivity contribution in [2.24, 2.45) is 11.8 Å². The van der Waals surface area contributed by atoms with Crippen molar-refractivity contribution in [3.63, 3.8) is 0 Å². The summed E-state index contributed by atoms with van der Waals surface area (Å²) in [6, 6.07) is 7.86. The fourth-order valence-electron chi connectivity index (χ4n) is 4.84. The summed E-state index contributed by atoms with van der Waals surface area (Å²) in [5, 5.41) is 0.580. The number of amides is 2. The second kappa shape index (κ2) is 9.74. The van der Waals surface area contributed by atoms with Crippen LogP contribution >= 0.6 is 23.2 Å². The van der Waals surface area contributed by atoms with Crippen LogP contribution in [0.5, 0.6) is 5.75 Å². The maximum Gasteiger partial charge on any atom is 0.245 e. The molecule has 2 amide bonds. The van der Waals surface area contributed by atoms with E-state index in [0.29, 0.717) is 60.8 Å². The Hall–Kier alpha value is -2.57. The van der Waals surface area contributed by atoms with E-state index in [0.717, 1.165) is 5.56 Å². The third kappa shape index (κ3) is 4.73. The van der Waals surface area contributed by atoms with Crippen molar-refractivity contribution in [2.45, 2.75) is 12.8 Å². The van der Waals surface area contributed by atoms with Gasteiger partial charge in [0.05, 0.1) is 17.2 Å². The Labute approximate surface area is 202 Å². The summed E-state index contributed by atoms with van der Waals surface area (Å²) < 4.78 is 20.0. The minimum absolute atomic E-state index is 0.0495. The van der Waals surface area contributed by atoms with Crippen LogP contribution in [-0.2, 0) is 16.0 Å². The molecule has 0 saturated carbocycles. The van der Waals surface area contributed by atoms with Crippen LogP contribution in [0, 0.1) is 17.7 Å². The van der Waals surface area contributed by atoms with E-state index in [4.69, 9.17) is 27.9 Å². The Balaban J connectivity index is 1.46. The first-order valence-corrected chi connectivity index (χ1v) is 11.6. The van der Waals surface area contributed by atoms with E-state index in [-0.39, 0.29) is 28.8 Å². The molecule has 2 unspecified atom stereocenters. The van der Waals surface area contributed by atoms with Crippen molar-refractivity contribution in [2.75, 3.05) is 33.3 Å². The maximum atomic E-state index is 14.5. The number of halogens is 3. The van der Waals surface area contributed by atoms with Gasteiger partial charge in [-0.05, 0) is 42.3 Å². The second-order valence-corrected chi connectivity index (χ2v) is 9.32. The molecule has 5 nitrogen and oxygen atoms in total. The zero-order chi connectivity index (χ0) is 23.7. The normalized spacial score (nSPS) is 19.5. The molecule has 0 spiro atoms. The van der Waals surface area contributed by atoms with Crippen LogP contribution in [0.15, 0.2) is 43.0 Å². The van der Waals surface area contributed by atoms with Crippen molar-refractivity contribution in [3.8, 4) is 16.9 Å². The van der Waals surface area contributed by atoms with Gasteiger partial charge < -0.3 is 14.5 Å². The first kappa shape index (κ1) is 23.6. The van der Waals surface area contributed by atoms with Crippen molar-refractivity contribution in [1.29, 1.82) is 0 Å². The van der Waals surface area contributed by atoms with E-state index >= 15 is 0 Å². The SMILES string of the molecule is C=CC(=O)N1CC2CN(C(=O)CCc3cc(-c4c(F)cccc4Cl)c(Cl)cc3OC)CC2C1. The van der Waals surface area contributed by atoms with Crippen LogP contribution in [0.4, 0.5) is 4.39 Å². The Morgan fingerprint density at radius 3 is 2.39 bits per heavy atom. The van der Waals surface area contributed by atoms with Gasteiger partial charge in [-0.2, -0.15) is 0 Å². The van der Waals surface area contributed by atoms with Gasteiger partial charge in [-0.3, -0.25) is 9.59 Å². The molecule has 8 heteroatoms. The summed E-state index contributed by atoms with van der Waals surface area (Å²) in [7, 11) is 1.53. The highest BCUT2D eigenvalue weighted by atomic mass is 35.5. The highest BCUT2D eigenvalue weighted by molar-refractivity contribution is 6.36. The minimum atomic E-state index is -0.468. The summed E-state index contributed by atoms with van der Waals surface area (Å²) in [6.45, 7) is 6.18. The lowest BCUT2D eigenvalue weighted by Gasteiger charge is -2.21. The Morgan fingerprint density at radius 1 is 1.12 bits per heavy atom. The molecule has 2 aromatic rings. The Bertz CT molecular complexity index is 1070. The number of benzene rings is 2. The van der Waals surface area contributed by atoms with Crippen LogP contribution in [0.1, 0.15) is 12.0 Å². The lowest BCUT2D eigenvalue weighted by atomic mass is 9.99. The Kier molecular flexibility index (Phi) is 6.96. The number of carbonyl (C=O) groups excluding carboxylic acids is 2. The second-order valence-electron chi connectivity index (χ2n) is 8.51. The molecule has 0 radical (unpaired) electrons. The fraction of sp³-hybridized carbons (Fsp3) is 0.360. The maximum absolute atomic E-state index is 14.5. The first-order chi connectivity index (χ1) is 15.8. The number of rotatable bonds is 6. The van der Waals surface area contributed by atoms with Gasteiger partial charge in [0, 0.05) is 55.6 Å². The van der Waals surface area contributed by atoms with Crippen molar-refractivity contribution < 1.29 is 18.7 Å². The van der Waals surface area contributed by atoms with Crippen molar-refractivity contribution in [3.05, 3.63) is 64.4 Å². The van der Waals surface area contributed by atoms with Gasteiger partial charge in [0.25, 0.3) is 0 Å². The standard InChI is InChI=1S/C25H25Cl2FN2O3/c1-3-23(31)29-11-16-13-30(14-17(16)12-29)24(32)8-7-15-9-18(20(27)10-22(15)33-2)25-19(26)5-4-6-21(25)28/h3-6,9-10,16-17H,1,7-8,11-14H2,2H3. The van der Waals surface area contributed by atoms with Crippen LogP contribution < -0.4 is 4.74 Å². The molecular formula is C25H25Cl2FN2O3. The molecular weight excluding hydrogens is 466 g/mol. The molecule has 2 fully saturated rings. The van der Waals surface area contributed by atoms with Crippen LogP contribution in [0.25, 0.3) is 11.1 Å². The summed E-state index contributed by atoms with van der Waals surface area (Å²) in [5.74, 6) is 0.678. The third-order valence-electron chi connectivity index (χ3n) is 6.54. The minimum Gasteiger partial charge on any atom is -0.496 e. The molecule has 2 saturated heterocycles. The fourth-order valence-corrected chi connectivity index (χ4v) is 5.35. The Morgan fingerprint density at radius 2 is 1.79 bits per heavy atom. The van der Waals surface area contributed by atoms with Gasteiger partial charge in [0.2, 0.25) is 11.8 Å². The molecule has 174 valence electrons. The van der Waals surface area contributed by atoms with Gasteiger partial charge >= 0.3 is 0 Å². The van der Waals surface area contributed by atoms with Gasteiger partial charge in [0.1, 0.15) is 11.6 Å². The van der Waals surface area contributed by atoms with Crippen molar-refractivity contribution in [1.82, 2.24) is 9.80 Å². The monoisotopic (exact) mass is 490 g/mol. The molecule has 2 aliphatic heterocycles. The van der Waals surface area contributed by atoms with E-state index in [1.807, 2.05) is 4.90 Å². The molecule has 0 bridgehead atoms. The summed E-state index contributed by atoms with van der Waals surface area (Å²) >= 11 is 12.6. The zero-order valence-corrected chi connectivity index (χ0v) is 19.8. The number of nitrogens with zero attached hydrogens (tertiary/aromatic N) is 2. The molecule has 2 heterocycles. The topological polar surface area (TPSA) is 49.9 Å². The molecule has 4 rings (SSSR count). The number of aryl methyl sites for hydroxylation is 1. The summed E-state index contributed by atoms with van der Waals surface area (Å²) in [6.07, 6.45) is 2.05. The number of methoxy groups -OCH3 is 1. The van der Waals surface area contributed by atoms with Crippen molar-refractivity contribution >= 4 is 35.0 Å². The van der Waals surface area contributed by atoms with E-state index in [1.54, 1.807) is 23.1 Å². The van der Waals surface area contributed by atoms with Gasteiger partial charge in [0.15, 0.2) is 0 Å². The van der Waals surface area contributed by atoms with Gasteiger partial charge in [-0.15, -0.1) is 0 Å². The number of hydrogen-bond donors (Lipinski definition) is 0. The zero-order valence-electron chi connectivity index (χ0n) is 18.3. The smallest absolute Gasteiger partial charge is 0.245 e. The number of fused-ring (bicyclic) bond motifs is 1. The number of hydrogen-bond acceptors (Lipinski definition) is 3. The van der Waals surface area contributed by atoms with Gasteiger partial charge in [-0.25, -0.2) is 4.39 Å². The quantitative estimate of drug-likeness (QED) is 0.544. The lowest BCUT2D eigenvalue weighted by Crippen LogP contribution is -2.35. The summed E-state index contributed by atoms with van der Waals surface area (Å²) in [4.78, 5) is 28.5. The highest BCUT2D eigenvalue weighted by Crippen LogP contribution is 2.39. The molecule has 2 aliphatic rings. The summed E-state index contributed by atoms with van der Waals surface area (Å²) in [5.41, 5.74) is 1.45. The third-order valence-corrected chi connectivity index (χ3v) is 7.16. The van der Waals surface area contributed by atoms with Crippen LogP contribution in [0.3, 0.4) is 0 Å².